The fraction of sp³-hybridized carbons (Fsp3) is 0.125. The predicted molar refractivity (Wildman–Crippen MR) is 79.7 cm³/mol. The van der Waals surface area contributed by atoms with Gasteiger partial charge in [-0.1, -0.05) is 58.4 Å². The Labute approximate surface area is 116 Å². The molecule has 2 aromatic rings. The number of halogens is 1. The van der Waals surface area contributed by atoms with E-state index in [1.54, 1.807) is 0 Å². The first-order valence-corrected chi connectivity index (χ1v) is 6.74. The molecule has 0 bridgehead atoms. The van der Waals surface area contributed by atoms with Crippen molar-refractivity contribution in [2.75, 3.05) is 6.61 Å². The summed E-state index contributed by atoms with van der Waals surface area (Å²) in [4.78, 5) is 0. The van der Waals surface area contributed by atoms with Crippen molar-refractivity contribution < 1.29 is 4.74 Å². The molecular weight excluding hydrogens is 288 g/mol. The van der Waals surface area contributed by atoms with Crippen molar-refractivity contribution >= 4 is 22.0 Å². The fourth-order valence-corrected chi connectivity index (χ4v) is 2.01. The van der Waals surface area contributed by atoms with Crippen molar-refractivity contribution in [1.82, 2.24) is 0 Å². The topological polar surface area (TPSA) is 9.23 Å². The lowest BCUT2D eigenvalue weighted by Gasteiger charge is -2.03. The standard InChI is InChI=1S/C16H15BrO/c17-15-9-6-8-14(13-15)7-4-5-12-18-16-10-2-1-3-11-16/h1-4,6-11,13H,5,12H2/b7-4+. The van der Waals surface area contributed by atoms with Crippen molar-refractivity contribution in [3.63, 3.8) is 0 Å². The van der Waals surface area contributed by atoms with Crippen LogP contribution in [-0.2, 0) is 0 Å². The van der Waals surface area contributed by atoms with Crippen LogP contribution in [0.15, 0.2) is 65.1 Å². The molecule has 1 nitrogen and oxygen atoms in total. The van der Waals surface area contributed by atoms with Gasteiger partial charge in [0.1, 0.15) is 5.75 Å². The monoisotopic (exact) mass is 302 g/mol. The molecule has 0 unspecified atom stereocenters. The van der Waals surface area contributed by atoms with Gasteiger partial charge in [0.2, 0.25) is 0 Å². The minimum absolute atomic E-state index is 0.703. The molecule has 0 saturated carbocycles. The molecule has 0 aliphatic carbocycles. The van der Waals surface area contributed by atoms with Gasteiger partial charge in [-0.2, -0.15) is 0 Å². The van der Waals surface area contributed by atoms with Crippen molar-refractivity contribution in [3.05, 3.63) is 70.7 Å². The fourth-order valence-electron chi connectivity index (χ4n) is 1.59. The molecular formula is C16H15BrO. The van der Waals surface area contributed by atoms with E-state index in [4.69, 9.17) is 4.74 Å². The molecule has 0 atom stereocenters. The molecule has 0 aliphatic rings. The first kappa shape index (κ1) is 12.9. The lowest BCUT2D eigenvalue weighted by Crippen LogP contribution is -1.94. The summed E-state index contributed by atoms with van der Waals surface area (Å²) in [5.41, 5.74) is 1.20. The number of ether oxygens (including phenoxy) is 1. The van der Waals surface area contributed by atoms with Crippen molar-refractivity contribution in [1.29, 1.82) is 0 Å². The van der Waals surface area contributed by atoms with Crippen molar-refractivity contribution in [2.24, 2.45) is 0 Å². The number of hydrogen-bond donors (Lipinski definition) is 0. The van der Waals surface area contributed by atoms with Gasteiger partial charge in [-0.05, 0) is 36.2 Å². The molecule has 2 rings (SSSR count). The van der Waals surface area contributed by atoms with Gasteiger partial charge in [0.25, 0.3) is 0 Å². The molecule has 18 heavy (non-hydrogen) atoms. The maximum atomic E-state index is 5.61. The van der Waals surface area contributed by atoms with Crippen LogP contribution in [-0.4, -0.2) is 6.61 Å². The second kappa shape index (κ2) is 7.02. The molecule has 2 aromatic carbocycles. The molecule has 2 heteroatoms. The van der Waals surface area contributed by atoms with Gasteiger partial charge in [-0.25, -0.2) is 0 Å². The Hall–Kier alpha value is -1.54. The normalized spacial score (nSPS) is 10.7. The number of para-hydroxylation sites is 1. The minimum Gasteiger partial charge on any atom is -0.493 e. The molecule has 0 amide bonds. The van der Waals surface area contributed by atoms with Crippen molar-refractivity contribution in [3.8, 4) is 5.75 Å². The van der Waals surface area contributed by atoms with Gasteiger partial charge < -0.3 is 4.74 Å². The average molecular weight is 303 g/mol. The van der Waals surface area contributed by atoms with Gasteiger partial charge in [0, 0.05) is 4.47 Å². The Balaban J connectivity index is 1.75. The second-order valence-electron chi connectivity index (χ2n) is 3.91. The summed E-state index contributed by atoms with van der Waals surface area (Å²) in [6, 6.07) is 18.1. The van der Waals surface area contributed by atoms with Crippen LogP contribution >= 0.6 is 15.9 Å². The lowest BCUT2D eigenvalue weighted by atomic mass is 10.2. The molecule has 0 aliphatic heterocycles. The van der Waals surface area contributed by atoms with Crippen LogP contribution in [0.4, 0.5) is 0 Å². The van der Waals surface area contributed by atoms with E-state index < -0.39 is 0 Å². The van der Waals surface area contributed by atoms with E-state index in [-0.39, 0.29) is 0 Å². The highest BCUT2D eigenvalue weighted by Crippen LogP contribution is 2.13. The van der Waals surface area contributed by atoms with Gasteiger partial charge >= 0.3 is 0 Å². The smallest absolute Gasteiger partial charge is 0.119 e. The third kappa shape index (κ3) is 4.38. The van der Waals surface area contributed by atoms with Crippen LogP contribution in [0.25, 0.3) is 6.08 Å². The largest absolute Gasteiger partial charge is 0.493 e. The van der Waals surface area contributed by atoms with Crippen LogP contribution in [0, 0.1) is 0 Å². The van der Waals surface area contributed by atoms with Crippen LogP contribution < -0.4 is 4.74 Å². The van der Waals surface area contributed by atoms with Crippen LogP contribution in [0.3, 0.4) is 0 Å². The minimum atomic E-state index is 0.703. The first-order chi connectivity index (χ1) is 8.84. The highest BCUT2D eigenvalue weighted by Gasteiger charge is 1.90. The molecule has 0 saturated heterocycles. The van der Waals surface area contributed by atoms with Crippen molar-refractivity contribution in [2.45, 2.75) is 6.42 Å². The highest BCUT2D eigenvalue weighted by atomic mass is 79.9. The Morgan fingerprint density at radius 3 is 2.61 bits per heavy atom. The molecule has 0 aromatic heterocycles. The van der Waals surface area contributed by atoms with Gasteiger partial charge in [-0.3, -0.25) is 0 Å². The zero-order chi connectivity index (χ0) is 12.6. The summed E-state index contributed by atoms with van der Waals surface area (Å²) in [6.07, 6.45) is 5.14. The maximum Gasteiger partial charge on any atom is 0.119 e. The number of hydrogen-bond acceptors (Lipinski definition) is 1. The number of rotatable bonds is 5. The summed E-state index contributed by atoms with van der Waals surface area (Å²) >= 11 is 3.46. The van der Waals surface area contributed by atoms with Gasteiger partial charge in [-0.15, -0.1) is 0 Å². The summed E-state index contributed by atoms with van der Waals surface area (Å²) < 4.78 is 6.71. The van der Waals surface area contributed by atoms with E-state index in [1.807, 2.05) is 42.5 Å². The quantitative estimate of drug-likeness (QED) is 0.712. The summed E-state index contributed by atoms with van der Waals surface area (Å²) in [5, 5.41) is 0. The van der Waals surface area contributed by atoms with E-state index >= 15 is 0 Å². The average Bonchev–Trinajstić information content (AvgIpc) is 2.40. The van der Waals surface area contributed by atoms with E-state index in [2.05, 4.69) is 40.2 Å². The van der Waals surface area contributed by atoms with E-state index in [0.29, 0.717) is 6.61 Å². The Morgan fingerprint density at radius 2 is 1.83 bits per heavy atom. The Morgan fingerprint density at radius 1 is 1.00 bits per heavy atom. The predicted octanol–water partition coefficient (Wildman–Crippen LogP) is 4.93. The molecule has 0 fully saturated rings. The van der Waals surface area contributed by atoms with E-state index in [0.717, 1.165) is 16.6 Å². The van der Waals surface area contributed by atoms with Crippen LogP contribution in [0.5, 0.6) is 5.75 Å². The Kier molecular flexibility index (Phi) is 5.03. The molecule has 92 valence electrons. The zero-order valence-electron chi connectivity index (χ0n) is 10.1. The third-order valence-corrected chi connectivity index (χ3v) is 2.95. The van der Waals surface area contributed by atoms with E-state index in [1.165, 1.54) is 5.56 Å². The summed E-state index contributed by atoms with van der Waals surface area (Å²) in [7, 11) is 0. The summed E-state index contributed by atoms with van der Waals surface area (Å²) in [6.45, 7) is 0.703. The maximum absolute atomic E-state index is 5.61. The molecule has 0 heterocycles. The van der Waals surface area contributed by atoms with Gasteiger partial charge in [0.05, 0.1) is 6.61 Å². The van der Waals surface area contributed by atoms with Crippen LogP contribution in [0.1, 0.15) is 12.0 Å². The molecule has 0 spiro atoms. The molecule has 0 radical (unpaired) electrons. The lowest BCUT2D eigenvalue weighted by molar-refractivity contribution is 0.325. The highest BCUT2D eigenvalue weighted by molar-refractivity contribution is 9.10. The first-order valence-electron chi connectivity index (χ1n) is 5.94. The van der Waals surface area contributed by atoms with Gasteiger partial charge in [0.15, 0.2) is 0 Å². The third-order valence-electron chi connectivity index (χ3n) is 2.46. The summed E-state index contributed by atoms with van der Waals surface area (Å²) in [5.74, 6) is 0.924. The number of benzene rings is 2. The SMILES string of the molecule is Brc1cccc(/C=C/CCOc2ccccc2)c1. The van der Waals surface area contributed by atoms with E-state index in [9.17, 15) is 0 Å². The molecule has 0 N–H and O–H groups in total. The second-order valence-corrected chi connectivity index (χ2v) is 4.82. The Bertz CT molecular complexity index is 506. The zero-order valence-corrected chi connectivity index (χ0v) is 11.6. The van der Waals surface area contributed by atoms with Crippen LogP contribution in [0.2, 0.25) is 0 Å².